The Kier molecular flexibility index (Phi) is 19.5. The van der Waals surface area contributed by atoms with Crippen LogP contribution in [0.4, 0.5) is 5.69 Å². The summed E-state index contributed by atoms with van der Waals surface area (Å²) in [4.78, 5) is 23.1. The van der Waals surface area contributed by atoms with E-state index in [-0.39, 0.29) is 36.5 Å². The first-order chi connectivity index (χ1) is 29.9. The maximum atomic E-state index is 12.7. The molecule has 1 saturated carbocycles. The van der Waals surface area contributed by atoms with E-state index in [4.69, 9.17) is 62.8 Å². The number of nitro groups is 1. The summed E-state index contributed by atoms with van der Waals surface area (Å²) < 4.78 is 36.2. The molecule has 3 aliphatic heterocycles. The van der Waals surface area contributed by atoms with Crippen molar-refractivity contribution in [3.8, 4) is 0 Å². The number of nitrogens with zero attached hydrogens (tertiary/aromatic N) is 1. The number of thioether (sulfide) groups is 2. The van der Waals surface area contributed by atoms with Crippen molar-refractivity contribution in [1.29, 1.82) is 0 Å². The molecule has 21 atom stereocenters. The molecule has 3 saturated heterocycles. The summed E-state index contributed by atoms with van der Waals surface area (Å²) in [7, 11) is 0. The van der Waals surface area contributed by atoms with E-state index in [9.17, 15) is 55.8 Å². The highest BCUT2D eigenvalue weighted by Gasteiger charge is 2.54. The minimum Gasteiger partial charge on any atom is -0.394 e. The van der Waals surface area contributed by atoms with Crippen molar-refractivity contribution in [1.82, 2.24) is 5.32 Å². The number of nitrogens with two attached hydrogens (primary N) is 6. The van der Waals surface area contributed by atoms with Crippen LogP contribution in [0.1, 0.15) is 24.5 Å². The Morgan fingerprint density at radius 2 is 1.33 bits per heavy atom. The second-order valence-electron chi connectivity index (χ2n) is 15.8. The van der Waals surface area contributed by atoms with Crippen molar-refractivity contribution >= 4 is 35.1 Å². The third-order valence-electron chi connectivity index (χ3n) is 11.4. The zero-order valence-corrected chi connectivity index (χ0v) is 35.7. The van der Waals surface area contributed by atoms with E-state index in [2.05, 4.69) is 5.32 Å². The average Bonchev–Trinajstić information content (AvgIpc) is 3.55. The molecule has 0 aromatic heterocycles. The lowest BCUT2D eigenvalue weighted by Crippen LogP contribution is -2.68. The number of nitrogens with one attached hydrogen (secondary N) is 1. The largest absolute Gasteiger partial charge is 0.394 e. The van der Waals surface area contributed by atoms with Crippen LogP contribution in [0.5, 0.6) is 0 Å². The molecular formula is C36H62N8O17S2. The molecule has 0 radical (unpaired) electrons. The Hall–Kier alpha value is -2.01. The van der Waals surface area contributed by atoms with Crippen molar-refractivity contribution in [3.05, 3.63) is 39.9 Å². The molecule has 21 N–H and O–H groups in total. The Morgan fingerprint density at radius 3 is 1.87 bits per heavy atom. The summed E-state index contributed by atoms with van der Waals surface area (Å²) in [6.07, 6.45) is -20.0. The van der Waals surface area contributed by atoms with Gasteiger partial charge in [0.15, 0.2) is 18.9 Å². The minimum absolute atomic E-state index is 0.0394. The highest BCUT2D eigenvalue weighted by Crippen LogP contribution is 2.38. The number of non-ortho nitro benzene ring substituents is 1. The highest BCUT2D eigenvalue weighted by atomic mass is 32.2. The predicted octanol–water partition coefficient (Wildman–Crippen LogP) is -6.95. The van der Waals surface area contributed by atoms with Gasteiger partial charge in [-0.25, -0.2) is 0 Å². The van der Waals surface area contributed by atoms with Crippen LogP contribution < -0.4 is 39.7 Å². The van der Waals surface area contributed by atoms with Crippen molar-refractivity contribution < 1.29 is 79.0 Å². The van der Waals surface area contributed by atoms with Crippen LogP contribution in [0, 0.1) is 10.1 Å². The van der Waals surface area contributed by atoms with Crippen LogP contribution in [0.3, 0.4) is 0 Å². The Labute approximate surface area is 370 Å². The number of hydrogen-bond acceptors (Lipinski definition) is 25. The van der Waals surface area contributed by atoms with Crippen molar-refractivity contribution in [2.45, 2.75) is 141 Å². The number of nitro benzene ring substituents is 1. The van der Waals surface area contributed by atoms with Crippen LogP contribution in [0.25, 0.3) is 0 Å². The Bertz CT molecular complexity index is 1600. The standard InChI is InChI=1S/C36H62N8O17S2/c37-9-18-25(49)27(51)21(41)33(56-18)58-30-16(40)8-15(39)24(48)31(30)59-35-29(53)32(60-34-22(42)28(52)26(50)19(10-38)57-34)36(61-35)63-7-1-6-62-12-20(46)43-17(11-45)23(47)13-2-4-14(5-3-13)44(54)55/h2-5,15-19,21-36,45,47-53H,1,6-12,37-42H2,(H,43,46)/t15-,16-,17+,18+,19-,21+,22+,23+,24+,25+,26+,27+,28+,29+,30+,31+,32-,33+,34+,35+,36+/m0/s1. The molecule has 360 valence electrons. The van der Waals surface area contributed by atoms with Gasteiger partial charge in [-0.1, -0.05) is 0 Å². The monoisotopic (exact) mass is 942 g/mol. The lowest BCUT2D eigenvalue weighted by atomic mass is 9.84. The fourth-order valence-electron chi connectivity index (χ4n) is 7.63. The van der Waals surface area contributed by atoms with Gasteiger partial charge < -0.3 is 109 Å². The second-order valence-corrected chi connectivity index (χ2v) is 18.1. The maximum Gasteiger partial charge on any atom is 0.269 e. The molecule has 0 bridgehead atoms. The number of carbonyl (C=O) groups excluding carboxylic acids is 1. The molecule has 5 rings (SSSR count). The van der Waals surface area contributed by atoms with Crippen LogP contribution in [0.15, 0.2) is 24.3 Å². The summed E-state index contributed by atoms with van der Waals surface area (Å²) in [5.41, 5.74) is 35.5. The van der Waals surface area contributed by atoms with Gasteiger partial charge in [0, 0.05) is 37.3 Å². The molecule has 27 heteroatoms. The molecule has 0 unspecified atom stereocenters. The van der Waals surface area contributed by atoms with Crippen LogP contribution in [-0.2, 0) is 33.2 Å². The molecule has 25 nitrogen and oxygen atoms in total. The lowest BCUT2D eigenvalue weighted by molar-refractivity contribution is -0.384. The van der Waals surface area contributed by atoms with Gasteiger partial charge in [0.2, 0.25) is 5.91 Å². The third kappa shape index (κ3) is 12.5. The zero-order valence-electron chi connectivity index (χ0n) is 34.1. The summed E-state index contributed by atoms with van der Waals surface area (Å²) in [6, 6.07) is -0.386. The Balaban J connectivity index is 1.22. The van der Waals surface area contributed by atoms with E-state index in [0.29, 0.717) is 17.9 Å². The van der Waals surface area contributed by atoms with Gasteiger partial charge in [0.1, 0.15) is 72.6 Å². The normalized spacial score (nSPS) is 40.6. The predicted molar refractivity (Wildman–Crippen MR) is 223 cm³/mol. The lowest BCUT2D eigenvalue weighted by Gasteiger charge is -2.47. The fourth-order valence-corrected chi connectivity index (χ4v) is 9.72. The molecular weight excluding hydrogens is 881 g/mol. The molecule has 0 spiro atoms. The van der Waals surface area contributed by atoms with E-state index >= 15 is 0 Å². The Morgan fingerprint density at radius 1 is 0.778 bits per heavy atom. The first-order valence-corrected chi connectivity index (χ1v) is 22.6. The number of ether oxygens (including phenoxy) is 6. The number of rotatable bonds is 20. The highest BCUT2D eigenvalue weighted by molar-refractivity contribution is 8.00. The molecule has 4 fully saturated rings. The van der Waals surface area contributed by atoms with Gasteiger partial charge in [0.05, 0.1) is 41.5 Å². The van der Waals surface area contributed by atoms with Gasteiger partial charge in [-0.2, -0.15) is 11.8 Å². The SMILES string of the molecule is NC[C@@H]1O[C@H](O[C@H]2[C@@H](O)[C@H](O[C@@H]3[C@H](O)[C@@H](N)C[C@H](N)[C@H]3O[C@H]3O[C@H](CN)[C@@H](O)[C@H](O)[C@H]3N)O[C@@H]2SCCCSCC(=O)N[C@H](CO)[C@H](O)c2ccc([N+](=O)[O-])cc2)[C@H](N)[C@@H](O)[C@@H]1O. The first kappa shape index (κ1) is 52.0. The minimum atomic E-state index is -1.62. The van der Waals surface area contributed by atoms with Gasteiger partial charge >= 0.3 is 0 Å². The summed E-state index contributed by atoms with van der Waals surface area (Å²) in [5.74, 6) is 0.288. The summed E-state index contributed by atoms with van der Waals surface area (Å²) in [6.45, 7) is -0.991. The number of aliphatic hydroxyl groups excluding tert-OH is 8. The zero-order chi connectivity index (χ0) is 46.3. The number of amides is 1. The van der Waals surface area contributed by atoms with Gasteiger partial charge in [-0.05, 0) is 42.0 Å². The molecule has 63 heavy (non-hydrogen) atoms. The molecule has 1 aromatic carbocycles. The van der Waals surface area contributed by atoms with E-state index in [0.717, 1.165) is 0 Å². The molecule has 3 heterocycles. The molecule has 1 aromatic rings. The quantitative estimate of drug-likeness (QED) is 0.0328. The van der Waals surface area contributed by atoms with Crippen LogP contribution in [-0.4, -0.2) is 210 Å². The first-order valence-electron chi connectivity index (χ1n) is 20.4. The van der Waals surface area contributed by atoms with Crippen molar-refractivity contribution in [2.24, 2.45) is 34.4 Å². The van der Waals surface area contributed by atoms with Crippen LogP contribution >= 0.6 is 23.5 Å². The summed E-state index contributed by atoms with van der Waals surface area (Å²) in [5, 5.41) is 99.0. The number of hydrogen-bond donors (Lipinski definition) is 15. The molecule has 1 amide bonds. The van der Waals surface area contributed by atoms with E-state index in [1.165, 1.54) is 47.8 Å². The third-order valence-corrected chi connectivity index (χ3v) is 13.6. The number of benzene rings is 1. The average molecular weight is 943 g/mol. The molecule has 1 aliphatic carbocycles. The smallest absolute Gasteiger partial charge is 0.269 e. The van der Waals surface area contributed by atoms with E-state index in [1.54, 1.807) is 0 Å². The second kappa shape index (κ2) is 23.6. The van der Waals surface area contributed by atoms with Crippen molar-refractivity contribution in [3.63, 3.8) is 0 Å². The number of carbonyl (C=O) groups is 1. The van der Waals surface area contributed by atoms with E-state index < -0.39 is 145 Å². The van der Waals surface area contributed by atoms with Crippen molar-refractivity contribution in [2.75, 3.05) is 37.0 Å². The maximum absolute atomic E-state index is 12.7. The van der Waals surface area contributed by atoms with Gasteiger partial charge in [0.25, 0.3) is 5.69 Å². The molecule has 4 aliphatic rings. The van der Waals surface area contributed by atoms with Crippen LogP contribution in [0.2, 0.25) is 0 Å². The summed E-state index contributed by atoms with van der Waals surface area (Å²) >= 11 is 2.44. The number of aliphatic hydroxyl groups is 8. The van der Waals surface area contributed by atoms with Gasteiger partial charge in [-0.15, -0.1) is 11.8 Å². The van der Waals surface area contributed by atoms with Gasteiger partial charge in [-0.3, -0.25) is 14.9 Å². The van der Waals surface area contributed by atoms with E-state index in [1.807, 2.05) is 0 Å². The topological polar surface area (TPSA) is 446 Å². The fraction of sp³-hybridized carbons (Fsp3) is 0.806.